The fourth-order valence-electron chi connectivity index (χ4n) is 1.44. The highest BCUT2D eigenvalue weighted by molar-refractivity contribution is 7.08. The first-order valence-corrected chi connectivity index (χ1v) is 6.06. The number of nitrogens with one attached hydrogen (secondary N) is 1. The number of hydrogen-bond acceptors (Lipinski definition) is 5. The SMILES string of the molecule is Cc1cscc1CNc1ncc(C#N)cc1N. The Morgan fingerprint density at radius 2 is 2.35 bits per heavy atom. The van der Waals surface area contributed by atoms with Crippen molar-refractivity contribution in [3.05, 3.63) is 39.7 Å². The molecule has 2 rings (SSSR count). The average molecular weight is 244 g/mol. The Hall–Kier alpha value is -2.06. The lowest BCUT2D eigenvalue weighted by Gasteiger charge is -2.07. The Bertz CT molecular complexity index is 568. The minimum Gasteiger partial charge on any atom is -0.396 e. The number of nitriles is 1. The number of thiophene rings is 1. The van der Waals surface area contributed by atoms with Gasteiger partial charge < -0.3 is 11.1 Å². The van der Waals surface area contributed by atoms with Crippen LogP contribution in [0.15, 0.2) is 23.0 Å². The van der Waals surface area contributed by atoms with E-state index in [2.05, 4.69) is 28.0 Å². The summed E-state index contributed by atoms with van der Waals surface area (Å²) in [5, 5.41) is 16.1. The average Bonchev–Trinajstić information content (AvgIpc) is 2.73. The van der Waals surface area contributed by atoms with Gasteiger partial charge in [0.25, 0.3) is 0 Å². The zero-order chi connectivity index (χ0) is 12.3. The van der Waals surface area contributed by atoms with Gasteiger partial charge >= 0.3 is 0 Å². The van der Waals surface area contributed by atoms with Crippen molar-refractivity contribution in [1.29, 1.82) is 5.26 Å². The molecule has 2 heterocycles. The second-order valence-corrected chi connectivity index (χ2v) is 4.45. The van der Waals surface area contributed by atoms with Gasteiger partial charge in [0.05, 0.1) is 11.3 Å². The number of aryl methyl sites for hydroxylation is 1. The van der Waals surface area contributed by atoms with Crippen LogP contribution in [0.5, 0.6) is 0 Å². The van der Waals surface area contributed by atoms with Crippen molar-refractivity contribution in [1.82, 2.24) is 4.98 Å². The molecule has 0 aliphatic heterocycles. The minimum absolute atomic E-state index is 0.472. The van der Waals surface area contributed by atoms with Crippen LogP contribution in [-0.2, 0) is 6.54 Å². The molecule has 5 heteroatoms. The fraction of sp³-hybridized carbons (Fsp3) is 0.167. The Morgan fingerprint density at radius 1 is 1.53 bits per heavy atom. The molecule has 86 valence electrons. The number of anilines is 2. The van der Waals surface area contributed by atoms with Gasteiger partial charge in [-0.3, -0.25) is 0 Å². The maximum absolute atomic E-state index is 8.70. The van der Waals surface area contributed by atoms with Crippen molar-refractivity contribution < 1.29 is 0 Å². The summed E-state index contributed by atoms with van der Waals surface area (Å²) < 4.78 is 0. The summed E-state index contributed by atoms with van der Waals surface area (Å²) in [5.41, 5.74) is 9.27. The molecule has 0 saturated heterocycles. The number of rotatable bonds is 3. The lowest BCUT2D eigenvalue weighted by molar-refractivity contribution is 1.10. The van der Waals surface area contributed by atoms with Gasteiger partial charge in [0, 0.05) is 12.7 Å². The van der Waals surface area contributed by atoms with E-state index in [0.29, 0.717) is 23.6 Å². The van der Waals surface area contributed by atoms with Crippen LogP contribution in [0.25, 0.3) is 0 Å². The van der Waals surface area contributed by atoms with Gasteiger partial charge in [-0.05, 0) is 34.9 Å². The molecule has 2 aromatic heterocycles. The first-order valence-electron chi connectivity index (χ1n) is 5.12. The van der Waals surface area contributed by atoms with E-state index in [1.165, 1.54) is 17.3 Å². The molecule has 17 heavy (non-hydrogen) atoms. The molecule has 2 aromatic rings. The molecule has 0 aliphatic rings. The predicted octanol–water partition coefficient (Wildman–Crippen LogP) is 2.52. The maximum Gasteiger partial charge on any atom is 0.149 e. The largest absolute Gasteiger partial charge is 0.396 e. The summed E-state index contributed by atoms with van der Waals surface area (Å²) in [4.78, 5) is 4.12. The molecule has 0 fully saturated rings. The number of aromatic nitrogens is 1. The molecule has 0 amide bonds. The third-order valence-electron chi connectivity index (χ3n) is 2.45. The standard InChI is InChI=1S/C12H12N4S/c1-8-6-17-7-10(8)5-16-12-11(14)2-9(3-13)4-15-12/h2,4,6-7H,5,14H2,1H3,(H,15,16). The number of nitrogens with zero attached hydrogens (tertiary/aromatic N) is 2. The zero-order valence-electron chi connectivity index (χ0n) is 9.40. The van der Waals surface area contributed by atoms with E-state index in [9.17, 15) is 0 Å². The van der Waals surface area contributed by atoms with Crippen molar-refractivity contribution in [2.75, 3.05) is 11.1 Å². The van der Waals surface area contributed by atoms with E-state index in [1.54, 1.807) is 17.4 Å². The third-order valence-corrected chi connectivity index (χ3v) is 3.36. The topological polar surface area (TPSA) is 74.7 Å². The van der Waals surface area contributed by atoms with Crippen LogP contribution in [-0.4, -0.2) is 4.98 Å². The maximum atomic E-state index is 8.70. The van der Waals surface area contributed by atoms with E-state index in [4.69, 9.17) is 11.0 Å². The molecular formula is C12H12N4S. The Balaban J connectivity index is 2.10. The van der Waals surface area contributed by atoms with Gasteiger partial charge in [-0.2, -0.15) is 16.6 Å². The van der Waals surface area contributed by atoms with Gasteiger partial charge in [0.1, 0.15) is 11.9 Å². The summed E-state index contributed by atoms with van der Waals surface area (Å²) in [6, 6.07) is 3.63. The Kier molecular flexibility index (Phi) is 3.26. The van der Waals surface area contributed by atoms with E-state index in [0.717, 1.165) is 0 Å². The number of nitrogen functional groups attached to an aromatic ring is 1. The molecular weight excluding hydrogens is 232 g/mol. The lowest BCUT2D eigenvalue weighted by atomic mass is 10.2. The van der Waals surface area contributed by atoms with Crippen LogP contribution in [0.3, 0.4) is 0 Å². The van der Waals surface area contributed by atoms with Gasteiger partial charge in [0.15, 0.2) is 0 Å². The second-order valence-electron chi connectivity index (χ2n) is 3.71. The molecule has 4 nitrogen and oxygen atoms in total. The summed E-state index contributed by atoms with van der Waals surface area (Å²) in [6.45, 7) is 2.77. The molecule has 0 saturated carbocycles. The molecule has 0 bridgehead atoms. The highest BCUT2D eigenvalue weighted by atomic mass is 32.1. The van der Waals surface area contributed by atoms with Crippen LogP contribution in [0, 0.1) is 18.3 Å². The van der Waals surface area contributed by atoms with Crippen molar-refractivity contribution in [3.8, 4) is 6.07 Å². The summed E-state index contributed by atoms with van der Waals surface area (Å²) in [6.07, 6.45) is 1.51. The fourth-order valence-corrected chi connectivity index (χ4v) is 2.29. The summed E-state index contributed by atoms with van der Waals surface area (Å²) >= 11 is 1.68. The monoisotopic (exact) mass is 244 g/mol. The molecule has 0 spiro atoms. The van der Waals surface area contributed by atoms with Crippen LogP contribution in [0.1, 0.15) is 16.7 Å². The van der Waals surface area contributed by atoms with Crippen molar-refractivity contribution in [2.45, 2.75) is 13.5 Å². The summed E-state index contributed by atoms with van der Waals surface area (Å²) in [5.74, 6) is 0.620. The van der Waals surface area contributed by atoms with E-state index in [-0.39, 0.29) is 0 Å². The quantitative estimate of drug-likeness (QED) is 0.870. The lowest BCUT2D eigenvalue weighted by Crippen LogP contribution is -2.05. The molecule has 0 aromatic carbocycles. The van der Waals surface area contributed by atoms with Crippen LogP contribution in [0.4, 0.5) is 11.5 Å². The number of nitrogens with two attached hydrogens (primary N) is 1. The van der Waals surface area contributed by atoms with Gasteiger partial charge in [-0.15, -0.1) is 0 Å². The molecule has 0 atom stereocenters. The highest BCUT2D eigenvalue weighted by Crippen LogP contribution is 2.19. The molecule has 0 unspecified atom stereocenters. The predicted molar refractivity (Wildman–Crippen MR) is 69.7 cm³/mol. The van der Waals surface area contributed by atoms with Crippen molar-refractivity contribution >= 4 is 22.8 Å². The van der Waals surface area contributed by atoms with E-state index < -0.39 is 0 Å². The third kappa shape index (κ3) is 2.55. The smallest absolute Gasteiger partial charge is 0.149 e. The van der Waals surface area contributed by atoms with E-state index >= 15 is 0 Å². The Labute approximate surface area is 104 Å². The highest BCUT2D eigenvalue weighted by Gasteiger charge is 2.04. The van der Waals surface area contributed by atoms with Crippen molar-refractivity contribution in [3.63, 3.8) is 0 Å². The number of hydrogen-bond donors (Lipinski definition) is 2. The van der Waals surface area contributed by atoms with Crippen LogP contribution < -0.4 is 11.1 Å². The molecule has 3 N–H and O–H groups in total. The summed E-state index contributed by atoms with van der Waals surface area (Å²) in [7, 11) is 0. The minimum atomic E-state index is 0.472. The van der Waals surface area contributed by atoms with Gasteiger partial charge in [-0.25, -0.2) is 4.98 Å². The molecule has 0 aliphatic carbocycles. The van der Waals surface area contributed by atoms with Crippen LogP contribution >= 0.6 is 11.3 Å². The molecule has 0 radical (unpaired) electrons. The first-order chi connectivity index (χ1) is 8.20. The van der Waals surface area contributed by atoms with Gasteiger partial charge in [-0.1, -0.05) is 0 Å². The first kappa shape index (κ1) is 11.4. The number of pyridine rings is 1. The van der Waals surface area contributed by atoms with Crippen LogP contribution in [0.2, 0.25) is 0 Å². The van der Waals surface area contributed by atoms with E-state index in [1.807, 2.05) is 6.07 Å². The zero-order valence-corrected chi connectivity index (χ0v) is 10.2. The Morgan fingerprint density at radius 3 is 2.94 bits per heavy atom. The van der Waals surface area contributed by atoms with Gasteiger partial charge in [0.2, 0.25) is 0 Å². The second kappa shape index (κ2) is 4.85. The van der Waals surface area contributed by atoms with Crippen molar-refractivity contribution in [2.24, 2.45) is 0 Å². The normalized spacial score (nSPS) is 9.88.